The van der Waals surface area contributed by atoms with Gasteiger partial charge in [-0.1, -0.05) is 36.2 Å². The molecule has 2 aromatic carbocycles. The third-order valence-electron chi connectivity index (χ3n) is 9.67. The van der Waals surface area contributed by atoms with E-state index in [1.807, 2.05) is 42.7 Å². The van der Waals surface area contributed by atoms with E-state index in [2.05, 4.69) is 23.2 Å². The minimum absolute atomic E-state index is 0.0939. The number of halogens is 1. The Labute approximate surface area is 316 Å². The first kappa shape index (κ1) is 40.4. The molecule has 0 radical (unpaired) electrons. The number of thioether (sulfide) groups is 1. The number of aliphatic hydroxyl groups excluding tert-OH is 5. The van der Waals surface area contributed by atoms with Crippen LogP contribution in [0, 0.1) is 0 Å². The van der Waals surface area contributed by atoms with Crippen LogP contribution >= 0.6 is 23.4 Å². The summed E-state index contributed by atoms with van der Waals surface area (Å²) in [4.78, 5) is 20.2. The topological polar surface area (TPSA) is 153 Å². The van der Waals surface area contributed by atoms with Crippen LogP contribution in [0.1, 0.15) is 81.8 Å². The molecule has 5 N–H and O–H groups in total. The quantitative estimate of drug-likeness (QED) is 0.0555. The molecule has 1 heterocycles. The van der Waals surface area contributed by atoms with Crippen molar-refractivity contribution in [2.45, 2.75) is 112 Å². The highest BCUT2D eigenvalue weighted by Gasteiger charge is 2.48. The number of hydrogen-bond acceptors (Lipinski definition) is 10. The van der Waals surface area contributed by atoms with Crippen molar-refractivity contribution in [3.05, 3.63) is 77.1 Å². The fourth-order valence-corrected chi connectivity index (χ4v) is 7.39. The Balaban J connectivity index is 1.11. The average molecular weight is 757 g/mol. The summed E-state index contributed by atoms with van der Waals surface area (Å²) in [5, 5.41) is 48.7. The Bertz CT molecular complexity index is 1570. The lowest BCUT2D eigenvalue weighted by Gasteiger charge is -2.26. The number of rotatable bonds is 24. The number of aromatic nitrogens is 1. The smallest absolute Gasteiger partial charge is 0.225 e. The third kappa shape index (κ3) is 11.6. The molecule has 0 bridgehead atoms. The number of nitrogens with zero attached hydrogens (tertiary/aromatic N) is 2. The molecule has 2 saturated carbocycles. The van der Waals surface area contributed by atoms with E-state index in [1.165, 1.54) is 0 Å². The van der Waals surface area contributed by atoms with Gasteiger partial charge in [0.15, 0.2) is 0 Å². The molecular formula is C40H53ClN2O8S. The van der Waals surface area contributed by atoms with Crippen LogP contribution in [-0.2, 0) is 21.7 Å². The van der Waals surface area contributed by atoms with Crippen molar-refractivity contribution in [2.75, 3.05) is 32.1 Å². The first-order valence-corrected chi connectivity index (χ1v) is 19.9. The van der Waals surface area contributed by atoms with Gasteiger partial charge in [-0.15, -0.1) is 11.8 Å². The summed E-state index contributed by atoms with van der Waals surface area (Å²) in [5.74, 6) is 1.47. The van der Waals surface area contributed by atoms with Crippen molar-refractivity contribution in [3.63, 3.8) is 0 Å². The van der Waals surface area contributed by atoms with Gasteiger partial charge in [0.1, 0.15) is 18.0 Å². The predicted molar refractivity (Wildman–Crippen MR) is 202 cm³/mol. The van der Waals surface area contributed by atoms with Crippen LogP contribution in [-0.4, -0.2) is 97.8 Å². The zero-order valence-corrected chi connectivity index (χ0v) is 31.3. The molecule has 1 amide bonds. The number of carbonyl (C=O) groups excluding carboxylic acids is 1. The minimum atomic E-state index is -1.61. The van der Waals surface area contributed by atoms with Gasteiger partial charge >= 0.3 is 0 Å². The van der Waals surface area contributed by atoms with Gasteiger partial charge in [-0.2, -0.15) is 0 Å². The Morgan fingerprint density at radius 2 is 1.69 bits per heavy atom. The zero-order valence-electron chi connectivity index (χ0n) is 29.7. The molecular weight excluding hydrogens is 704 g/mol. The van der Waals surface area contributed by atoms with Gasteiger partial charge in [0.25, 0.3) is 0 Å². The molecule has 2 aliphatic rings. The number of hydrogen-bond donors (Lipinski definition) is 5. The zero-order chi connectivity index (χ0) is 36.9. The summed E-state index contributed by atoms with van der Waals surface area (Å²) in [5.41, 5.74) is 3.74. The Morgan fingerprint density at radius 3 is 2.40 bits per heavy atom. The lowest BCUT2D eigenvalue weighted by Crippen LogP contribution is -2.43. The van der Waals surface area contributed by atoms with E-state index in [0.717, 1.165) is 96.4 Å². The second-order valence-electron chi connectivity index (χ2n) is 13.9. The lowest BCUT2D eigenvalue weighted by atomic mass is 9.96. The van der Waals surface area contributed by atoms with Crippen molar-refractivity contribution < 1.29 is 39.8 Å². The van der Waals surface area contributed by atoms with Crippen LogP contribution in [0.5, 0.6) is 5.75 Å². The third-order valence-corrected chi connectivity index (χ3v) is 11.1. The van der Waals surface area contributed by atoms with E-state index in [4.69, 9.17) is 31.3 Å². The molecule has 3 aromatic rings. The second-order valence-corrected chi connectivity index (χ2v) is 15.4. The summed E-state index contributed by atoms with van der Waals surface area (Å²) in [7, 11) is 0. The van der Waals surface area contributed by atoms with E-state index in [-0.39, 0.29) is 18.9 Å². The molecule has 10 nitrogen and oxygen atoms in total. The lowest BCUT2D eigenvalue weighted by molar-refractivity contribution is -0.138. The number of para-hydroxylation sites is 1. The Kier molecular flexibility index (Phi) is 15.6. The highest BCUT2D eigenvalue weighted by Crippen LogP contribution is 2.53. The maximum absolute atomic E-state index is 13.0. The number of pyridine rings is 1. The minimum Gasteiger partial charge on any atom is -0.490 e. The maximum atomic E-state index is 13.0. The second kappa shape index (κ2) is 20.1. The van der Waals surface area contributed by atoms with E-state index >= 15 is 0 Å². The first-order chi connectivity index (χ1) is 25.2. The molecule has 52 heavy (non-hydrogen) atoms. The van der Waals surface area contributed by atoms with Gasteiger partial charge in [-0.25, -0.2) is 0 Å². The summed E-state index contributed by atoms with van der Waals surface area (Å²) in [6.45, 7) is 0.766. The van der Waals surface area contributed by atoms with Crippen molar-refractivity contribution in [2.24, 2.45) is 0 Å². The highest BCUT2D eigenvalue weighted by molar-refractivity contribution is 7.99. The van der Waals surface area contributed by atoms with Gasteiger partial charge in [-0.3, -0.25) is 9.78 Å². The molecule has 284 valence electrons. The monoisotopic (exact) mass is 756 g/mol. The molecule has 1 aromatic heterocycles. The van der Waals surface area contributed by atoms with E-state index in [1.54, 1.807) is 16.7 Å². The van der Waals surface area contributed by atoms with Gasteiger partial charge in [0.05, 0.1) is 37.4 Å². The first-order valence-electron chi connectivity index (χ1n) is 18.5. The van der Waals surface area contributed by atoms with Crippen LogP contribution in [0.3, 0.4) is 0 Å². The van der Waals surface area contributed by atoms with Crippen LogP contribution in [0.25, 0.3) is 11.1 Å². The summed E-state index contributed by atoms with van der Waals surface area (Å²) in [6.07, 6.45) is 7.87. The number of amides is 1. The van der Waals surface area contributed by atoms with E-state index in [9.17, 15) is 20.1 Å². The molecule has 0 spiro atoms. The van der Waals surface area contributed by atoms with Gasteiger partial charge in [-0.05, 0) is 105 Å². The van der Waals surface area contributed by atoms with Crippen molar-refractivity contribution in [3.8, 4) is 16.9 Å². The standard InChI is InChI=1S/C40H53ClN2O8S/c41-34-14-13-30(52-22-8-2-6-20-43(19-5-1-7-21-44)38(48)24-35(46)39(49)36(47)26-45)23-28(34)27-50-40(16-17-40)33-25-42-18-15-31(33)32-9-3-4-10-37(32)51-29-11-12-29/h3-4,9-10,13-15,18,23,25,29,35-36,39,44-47,49H,1-2,5-8,11-12,16-17,19-22,24,26-27H2. The van der Waals surface area contributed by atoms with E-state index < -0.39 is 30.5 Å². The van der Waals surface area contributed by atoms with Crippen molar-refractivity contribution in [1.82, 2.24) is 9.88 Å². The van der Waals surface area contributed by atoms with E-state index in [0.29, 0.717) is 37.2 Å². The molecule has 2 aliphatic carbocycles. The largest absolute Gasteiger partial charge is 0.490 e. The Hall–Kier alpha value is -2.74. The molecule has 0 saturated heterocycles. The predicted octanol–water partition coefficient (Wildman–Crippen LogP) is 5.87. The fourth-order valence-electron chi connectivity index (χ4n) is 6.24. The van der Waals surface area contributed by atoms with Crippen molar-refractivity contribution in [1.29, 1.82) is 0 Å². The van der Waals surface area contributed by atoms with Crippen LogP contribution in [0.15, 0.2) is 65.8 Å². The fraction of sp³-hybridized carbons (Fsp3) is 0.550. The number of benzene rings is 2. The molecule has 2 fully saturated rings. The molecule has 5 rings (SSSR count). The normalized spacial score (nSPS) is 16.7. The van der Waals surface area contributed by atoms with Gasteiger partial charge in [0, 0.05) is 53.1 Å². The Morgan fingerprint density at radius 1 is 0.942 bits per heavy atom. The molecule has 3 unspecified atom stereocenters. The number of ether oxygens (including phenoxy) is 2. The average Bonchev–Trinajstić information content (AvgIpc) is 4.11. The van der Waals surface area contributed by atoms with Crippen LogP contribution < -0.4 is 4.74 Å². The number of aliphatic hydroxyl groups is 5. The summed E-state index contributed by atoms with van der Waals surface area (Å²) < 4.78 is 12.9. The van der Waals surface area contributed by atoms with Crippen LogP contribution in [0.2, 0.25) is 5.02 Å². The van der Waals surface area contributed by atoms with Crippen LogP contribution in [0.4, 0.5) is 0 Å². The highest BCUT2D eigenvalue weighted by atomic mass is 35.5. The van der Waals surface area contributed by atoms with Gasteiger partial charge < -0.3 is 39.9 Å². The summed E-state index contributed by atoms with van der Waals surface area (Å²) >= 11 is 8.41. The maximum Gasteiger partial charge on any atom is 0.225 e. The SMILES string of the molecule is O=C(CC(O)C(O)C(O)CO)N(CCCCCO)CCCCCSc1ccc(Cl)c(COC2(c3cnccc3-c3ccccc3OC3CC3)CC2)c1. The number of carbonyl (C=O) groups is 1. The number of unbranched alkanes of at least 4 members (excludes halogenated alkanes) is 4. The van der Waals surface area contributed by atoms with Gasteiger partial charge in [0.2, 0.25) is 5.91 Å². The molecule has 3 atom stereocenters. The molecule has 0 aliphatic heterocycles. The van der Waals surface area contributed by atoms with Crippen molar-refractivity contribution >= 4 is 29.3 Å². The summed E-state index contributed by atoms with van der Waals surface area (Å²) in [6, 6.07) is 16.3. The molecule has 12 heteroatoms.